The number of nitrogens with zero attached hydrogens (tertiary/aromatic N) is 1. The van der Waals surface area contributed by atoms with E-state index in [1.807, 2.05) is 37.3 Å². The molecule has 0 amide bonds. The van der Waals surface area contributed by atoms with Gasteiger partial charge in [0.05, 0.1) is 13.2 Å². The second kappa shape index (κ2) is 9.52. The number of carbonyl (C=O) groups excluding carboxylic acids is 1. The minimum absolute atomic E-state index is 0.00406. The monoisotopic (exact) mass is 409 g/mol. The SMILES string of the molecule is CCCOc1cc(OCC)c2c(c1)C(=O)c1cccc(OCCN3CCCCC3)c1-2. The van der Waals surface area contributed by atoms with Crippen LogP contribution in [0.3, 0.4) is 0 Å². The molecule has 1 fully saturated rings. The largest absolute Gasteiger partial charge is 0.493 e. The van der Waals surface area contributed by atoms with E-state index >= 15 is 0 Å². The van der Waals surface area contributed by atoms with E-state index < -0.39 is 0 Å². The second-order valence-electron chi connectivity index (χ2n) is 7.88. The van der Waals surface area contributed by atoms with Gasteiger partial charge in [-0.15, -0.1) is 0 Å². The normalized spacial score (nSPS) is 15.6. The molecule has 2 aliphatic rings. The Kier molecular flexibility index (Phi) is 6.58. The summed E-state index contributed by atoms with van der Waals surface area (Å²) in [4.78, 5) is 15.6. The molecule has 0 spiro atoms. The fourth-order valence-electron chi connectivity index (χ4n) is 4.31. The Bertz CT molecular complexity index is 902. The van der Waals surface area contributed by atoms with Gasteiger partial charge >= 0.3 is 0 Å². The van der Waals surface area contributed by atoms with Crippen LogP contribution >= 0.6 is 0 Å². The van der Waals surface area contributed by atoms with Crippen molar-refractivity contribution in [1.29, 1.82) is 0 Å². The molecule has 0 bridgehead atoms. The van der Waals surface area contributed by atoms with Gasteiger partial charge in [0.25, 0.3) is 0 Å². The third-order valence-corrected chi connectivity index (χ3v) is 5.73. The molecule has 1 saturated heterocycles. The highest BCUT2D eigenvalue weighted by Crippen LogP contribution is 2.49. The predicted octanol–water partition coefficient (Wildman–Crippen LogP) is 4.95. The average molecular weight is 410 g/mol. The zero-order chi connectivity index (χ0) is 20.9. The van der Waals surface area contributed by atoms with Crippen molar-refractivity contribution in [1.82, 2.24) is 4.90 Å². The van der Waals surface area contributed by atoms with Gasteiger partial charge in [-0.25, -0.2) is 0 Å². The van der Waals surface area contributed by atoms with Crippen molar-refractivity contribution in [3.63, 3.8) is 0 Å². The summed E-state index contributed by atoms with van der Waals surface area (Å²) >= 11 is 0. The van der Waals surface area contributed by atoms with Gasteiger partial charge in [0, 0.05) is 34.9 Å². The Balaban J connectivity index is 1.63. The first-order valence-corrected chi connectivity index (χ1v) is 11.2. The molecular formula is C25H31NO4. The molecule has 1 heterocycles. The van der Waals surface area contributed by atoms with Gasteiger partial charge < -0.3 is 14.2 Å². The Morgan fingerprint density at radius 2 is 1.67 bits per heavy atom. The first-order chi connectivity index (χ1) is 14.7. The molecule has 5 heteroatoms. The Labute approximate surface area is 178 Å². The first-order valence-electron chi connectivity index (χ1n) is 11.2. The number of ketones is 1. The summed E-state index contributed by atoms with van der Waals surface area (Å²) in [6.45, 7) is 8.95. The minimum atomic E-state index is 0.00406. The molecule has 1 aliphatic carbocycles. The molecule has 4 rings (SSSR count). The first kappa shape index (κ1) is 20.7. The van der Waals surface area contributed by atoms with Crippen molar-refractivity contribution in [2.24, 2.45) is 0 Å². The van der Waals surface area contributed by atoms with E-state index in [2.05, 4.69) is 11.8 Å². The van der Waals surface area contributed by atoms with Crippen molar-refractivity contribution >= 4 is 5.78 Å². The van der Waals surface area contributed by atoms with Gasteiger partial charge in [-0.3, -0.25) is 9.69 Å². The topological polar surface area (TPSA) is 48.0 Å². The fraction of sp³-hybridized carbons (Fsp3) is 0.480. The maximum Gasteiger partial charge on any atom is 0.194 e. The maximum atomic E-state index is 13.2. The zero-order valence-corrected chi connectivity index (χ0v) is 18.0. The Morgan fingerprint density at radius 1 is 0.867 bits per heavy atom. The number of rotatable bonds is 9. The molecule has 5 nitrogen and oxygen atoms in total. The number of ether oxygens (including phenoxy) is 3. The molecule has 0 atom stereocenters. The summed E-state index contributed by atoms with van der Waals surface area (Å²) in [6.07, 6.45) is 4.77. The average Bonchev–Trinajstić information content (AvgIpc) is 3.06. The lowest BCUT2D eigenvalue weighted by molar-refractivity contribution is 0.104. The number of likely N-dealkylation sites (tertiary alicyclic amines) is 1. The van der Waals surface area contributed by atoms with Crippen LogP contribution in [0.15, 0.2) is 30.3 Å². The lowest BCUT2D eigenvalue weighted by atomic mass is 10.0. The van der Waals surface area contributed by atoms with Crippen LogP contribution in [0.4, 0.5) is 0 Å². The van der Waals surface area contributed by atoms with Gasteiger partial charge in [0.2, 0.25) is 0 Å². The van der Waals surface area contributed by atoms with Crippen LogP contribution < -0.4 is 14.2 Å². The summed E-state index contributed by atoms with van der Waals surface area (Å²) in [7, 11) is 0. The zero-order valence-electron chi connectivity index (χ0n) is 18.0. The Hall–Kier alpha value is -2.53. The summed E-state index contributed by atoms with van der Waals surface area (Å²) in [5.41, 5.74) is 2.99. The molecule has 160 valence electrons. The highest BCUT2D eigenvalue weighted by Gasteiger charge is 2.33. The number of carbonyl (C=O) groups is 1. The van der Waals surface area contributed by atoms with E-state index in [1.54, 1.807) is 0 Å². The Morgan fingerprint density at radius 3 is 2.43 bits per heavy atom. The number of fused-ring (bicyclic) bond motifs is 3. The van der Waals surface area contributed by atoms with Crippen LogP contribution in [0.1, 0.15) is 55.5 Å². The van der Waals surface area contributed by atoms with Crippen LogP contribution in [0.2, 0.25) is 0 Å². The lowest BCUT2D eigenvalue weighted by Gasteiger charge is -2.26. The molecule has 1 aliphatic heterocycles. The predicted molar refractivity (Wildman–Crippen MR) is 118 cm³/mol. The van der Waals surface area contributed by atoms with Gasteiger partial charge in [-0.1, -0.05) is 25.5 Å². The minimum Gasteiger partial charge on any atom is -0.493 e. The van der Waals surface area contributed by atoms with Gasteiger partial charge in [0.1, 0.15) is 23.9 Å². The van der Waals surface area contributed by atoms with E-state index in [-0.39, 0.29) is 5.78 Å². The molecule has 0 N–H and O–H groups in total. The van der Waals surface area contributed by atoms with E-state index in [0.29, 0.717) is 42.4 Å². The highest BCUT2D eigenvalue weighted by molar-refractivity contribution is 6.23. The van der Waals surface area contributed by atoms with E-state index in [9.17, 15) is 4.79 Å². The van der Waals surface area contributed by atoms with E-state index in [4.69, 9.17) is 14.2 Å². The molecule has 30 heavy (non-hydrogen) atoms. The number of hydrogen-bond acceptors (Lipinski definition) is 5. The van der Waals surface area contributed by atoms with Crippen LogP contribution in [0.25, 0.3) is 11.1 Å². The highest BCUT2D eigenvalue weighted by atomic mass is 16.5. The summed E-state index contributed by atoms with van der Waals surface area (Å²) in [5.74, 6) is 2.11. The third-order valence-electron chi connectivity index (χ3n) is 5.73. The molecule has 0 saturated carbocycles. The molecular weight excluding hydrogens is 378 g/mol. The van der Waals surface area contributed by atoms with Crippen molar-refractivity contribution in [2.45, 2.75) is 39.5 Å². The van der Waals surface area contributed by atoms with Gasteiger partial charge in [-0.05, 0) is 51.4 Å². The fourth-order valence-corrected chi connectivity index (χ4v) is 4.31. The van der Waals surface area contributed by atoms with Gasteiger partial charge in [0.15, 0.2) is 5.78 Å². The molecule has 2 aromatic carbocycles. The number of benzene rings is 2. The summed E-state index contributed by atoms with van der Waals surface area (Å²) < 4.78 is 17.9. The molecule has 0 radical (unpaired) electrons. The number of hydrogen-bond donors (Lipinski definition) is 0. The summed E-state index contributed by atoms with van der Waals surface area (Å²) in [6, 6.07) is 9.46. The summed E-state index contributed by atoms with van der Waals surface area (Å²) in [5, 5.41) is 0. The quantitative estimate of drug-likeness (QED) is 0.500. The van der Waals surface area contributed by atoms with Crippen molar-refractivity contribution < 1.29 is 19.0 Å². The van der Waals surface area contributed by atoms with Crippen LogP contribution in [-0.4, -0.2) is 50.1 Å². The van der Waals surface area contributed by atoms with Crippen LogP contribution in [-0.2, 0) is 0 Å². The van der Waals surface area contributed by atoms with E-state index in [1.165, 1.54) is 19.3 Å². The standard InChI is InChI=1S/C25H31NO4/c1-3-14-29-18-16-20-24(22(17-18)28-4-2)23-19(25(20)27)9-8-10-21(23)30-15-13-26-11-6-5-7-12-26/h8-10,16-17H,3-7,11-15H2,1-2H3. The van der Waals surface area contributed by atoms with Crippen LogP contribution in [0.5, 0.6) is 17.2 Å². The lowest BCUT2D eigenvalue weighted by Crippen LogP contribution is -2.33. The second-order valence-corrected chi connectivity index (χ2v) is 7.88. The molecule has 2 aromatic rings. The number of piperidine rings is 1. The van der Waals surface area contributed by atoms with Crippen LogP contribution in [0, 0.1) is 0 Å². The third kappa shape index (κ3) is 4.17. The van der Waals surface area contributed by atoms with E-state index in [0.717, 1.165) is 42.9 Å². The maximum absolute atomic E-state index is 13.2. The van der Waals surface area contributed by atoms with Gasteiger partial charge in [-0.2, -0.15) is 0 Å². The molecule has 0 unspecified atom stereocenters. The van der Waals surface area contributed by atoms with Crippen molar-refractivity contribution in [3.05, 3.63) is 41.5 Å². The smallest absolute Gasteiger partial charge is 0.194 e. The van der Waals surface area contributed by atoms with Crippen molar-refractivity contribution in [2.75, 3.05) is 39.5 Å². The van der Waals surface area contributed by atoms with Crippen molar-refractivity contribution in [3.8, 4) is 28.4 Å². The molecule has 0 aromatic heterocycles.